The highest BCUT2D eigenvalue weighted by Gasteiger charge is 2.28. The maximum absolute atomic E-state index is 11.7. The van der Waals surface area contributed by atoms with Gasteiger partial charge in [-0.1, -0.05) is 22.9 Å². The second-order valence-corrected chi connectivity index (χ2v) is 5.90. The third-order valence-electron chi connectivity index (χ3n) is 2.64. The van der Waals surface area contributed by atoms with Crippen LogP contribution >= 0.6 is 35.1 Å². The predicted octanol–water partition coefficient (Wildman–Crippen LogP) is 2.65. The highest BCUT2D eigenvalue weighted by Crippen LogP contribution is 2.27. The monoisotopic (exact) mass is 271 g/mol. The summed E-state index contributed by atoms with van der Waals surface area (Å²) in [5.41, 5.74) is 1.15. The molecule has 1 unspecified atom stereocenters. The molecule has 1 fully saturated rings. The van der Waals surface area contributed by atoms with E-state index in [0.717, 1.165) is 17.0 Å². The van der Waals surface area contributed by atoms with Gasteiger partial charge in [-0.05, 0) is 17.7 Å². The van der Waals surface area contributed by atoms with Crippen LogP contribution in [0, 0.1) is 0 Å². The van der Waals surface area contributed by atoms with Crippen LogP contribution in [0.5, 0.6) is 0 Å². The molecule has 5 heteroatoms. The zero-order chi connectivity index (χ0) is 11.5. The highest BCUT2D eigenvalue weighted by atomic mass is 33.1. The summed E-state index contributed by atoms with van der Waals surface area (Å²) in [7, 11) is 1.47. The molecule has 1 heterocycles. The summed E-state index contributed by atoms with van der Waals surface area (Å²) in [6.45, 7) is 1.49. The van der Waals surface area contributed by atoms with Gasteiger partial charge in [0, 0.05) is 29.7 Å². The van der Waals surface area contributed by atoms with Gasteiger partial charge in [0.25, 0.3) is 0 Å². The van der Waals surface area contributed by atoms with Crippen molar-refractivity contribution in [3.8, 4) is 0 Å². The van der Waals surface area contributed by atoms with Crippen molar-refractivity contribution in [2.75, 3.05) is 6.54 Å². The van der Waals surface area contributed by atoms with Gasteiger partial charge in [-0.2, -0.15) is 0 Å². The first-order valence-corrected chi connectivity index (χ1v) is 7.43. The number of carbonyl (C=O) groups excluding carboxylic acids is 1. The molecular weight excluding hydrogens is 258 g/mol. The topological polar surface area (TPSA) is 20.3 Å². The summed E-state index contributed by atoms with van der Waals surface area (Å²) < 4.78 is 0. The van der Waals surface area contributed by atoms with Crippen LogP contribution in [0.15, 0.2) is 29.2 Å². The number of hydrogen-bond acceptors (Lipinski definition) is 4. The first kappa shape index (κ1) is 12.2. The van der Waals surface area contributed by atoms with Crippen LogP contribution in [-0.2, 0) is 11.3 Å². The van der Waals surface area contributed by atoms with E-state index in [1.807, 2.05) is 29.2 Å². The Morgan fingerprint density at radius 1 is 1.38 bits per heavy atom. The van der Waals surface area contributed by atoms with E-state index in [0.29, 0.717) is 18.2 Å². The van der Waals surface area contributed by atoms with Gasteiger partial charge in [-0.25, -0.2) is 0 Å². The zero-order valence-electron chi connectivity index (χ0n) is 8.67. The van der Waals surface area contributed by atoms with E-state index in [1.165, 1.54) is 10.8 Å². The molecule has 0 aliphatic carbocycles. The van der Waals surface area contributed by atoms with E-state index in [1.54, 1.807) is 0 Å². The smallest absolute Gasteiger partial charge is 0.224 e. The molecule has 0 spiro atoms. The number of amides is 1. The lowest BCUT2D eigenvalue weighted by Gasteiger charge is -2.16. The predicted molar refractivity (Wildman–Crippen MR) is 74.1 cm³/mol. The van der Waals surface area contributed by atoms with Crippen molar-refractivity contribution in [3.63, 3.8) is 0 Å². The Bertz CT molecular complexity index is 379. The molecule has 0 bridgehead atoms. The molecule has 1 amide bonds. The van der Waals surface area contributed by atoms with Gasteiger partial charge >= 0.3 is 0 Å². The first-order chi connectivity index (χ1) is 7.69. The van der Waals surface area contributed by atoms with Crippen molar-refractivity contribution in [2.24, 2.45) is 0 Å². The molecule has 2 rings (SSSR count). The number of rotatable bonds is 3. The van der Waals surface area contributed by atoms with E-state index in [-0.39, 0.29) is 5.91 Å². The van der Waals surface area contributed by atoms with E-state index >= 15 is 0 Å². The number of carbonyl (C=O) groups is 1. The van der Waals surface area contributed by atoms with Gasteiger partial charge in [0.05, 0.1) is 0 Å². The Labute approximate surface area is 110 Å². The average Bonchev–Trinajstić information content (AvgIpc) is 2.63. The quantitative estimate of drug-likeness (QED) is 0.651. The third-order valence-corrected chi connectivity index (χ3v) is 4.44. The molecule has 86 valence electrons. The molecule has 1 aliphatic heterocycles. The Morgan fingerprint density at radius 2 is 2.06 bits per heavy atom. The van der Waals surface area contributed by atoms with Gasteiger partial charge < -0.3 is 4.90 Å². The molecule has 0 N–H and O–H groups in total. The van der Waals surface area contributed by atoms with Crippen LogP contribution < -0.4 is 0 Å². The molecular formula is C11H13NOS3. The molecule has 1 aromatic carbocycles. The Morgan fingerprint density at radius 3 is 2.62 bits per heavy atom. The minimum absolute atomic E-state index is 0.224. The highest BCUT2D eigenvalue weighted by molar-refractivity contribution is 8.68. The van der Waals surface area contributed by atoms with Gasteiger partial charge in [0.1, 0.15) is 0 Å². The summed E-state index contributed by atoms with van der Waals surface area (Å²) in [6.07, 6.45) is 0.610. The number of likely N-dealkylation sites (tertiary alicyclic amines) is 1. The van der Waals surface area contributed by atoms with E-state index < -0.39 is 0 Å². The maximum Gasteiger partial charge on any atom is 0.224 e. The second-order valence-electron chi connectivity index (χ2n) is 3.87. The summed E-state index contributed by atoms with van der Waals surface area (Å²) in [4.78, 5) is 14.5. The molecule has 0 radical (unpaired) electrons. The Balaban J connectivity index is 2.00. The molecule has 0 aromatic heterocycles. The van der Waals surface area contributed by atoms with Crippen LogP contribution in [0.25, 0.3) is 0 Å². The molecule has 0 saturated carbocycles. The SMILES string of the molecule is O=C1CC(SS)CN1Cc1ccc(S)cc1. The molecule has 1 saturated heterocycles. The minimum Gasteiger partial charge on any atom is -0.337 e. The molecule has 1 aromatic rings. The zero-order valence-corrected chi connectivity index (χ0v) is 11.3. The fourth-order valence-electron chi connectivity index (χ4n) is 1.78. The lowest BCUT2D eigenvalue weighted by Crippen LogP contribution is -2.24. The van der Waals surface area contributed by atoms with Gasteiger partial charge in [0.15, 0.2) is 0 Å². The van der Waals surface area contributed by atoms with Gasteiger partial charge in [-0.15, -0.1) is 24.3 Å². The fraction of sp³-hybridized carbons (Fsp3) is 0.364. The van der Waals surface area contributed by atoms with Crippen molar-refractivity contribution >= 4 is 41.0 Å². The number of hydrogen-bond donors (Lipinski definition) is 2. The number of thiol groups is 2. The van der Waals surface area contributed by atoms with Crippen molar-refractivity contribution in [1.82, 2.24) is 4.90 Å². The van der Waals surface area contributed by atoms with E-state index in [2.05, 4.69) is 24.3 Å². The van der Waals surface area contributed by atoms with Crippen LogP contribution in [0.1, 0.15) is 12.0 Å². The Kier molecular flexibility index (Phi) is 4.10. The number of nitrogens with zero attached hydrogens (tertiary/aromatic N) is 1. The third kappa shape index (κ3) is 2.90. The first-order valence-electron chi connectivity index (χ1n) is 5.05. The van der Waals surface area contributed by atoms with Gasteiger partial charge in [-0.3, -0.25) is 4.79 Å². The lowest BCUT2D eigenvalue weighted by molar-refractivity contribution is -0.128. The summed E-state index contributed by atoms with van der Waals surface area (Å²) in [5.74, 6) is 0.224. The van der Waals surface area contributed by atoms with Crippen molar-refractivity contribution in [2.45, 2.75) is 23.1 Å². The lowest BCUT2D eigenvalue weighted by atomic mass is 10.2. The second kappa shape index (κ2) is 5.38. The number of benzene rings is 1. The summed E-state index contributed by atoms with van der Waals surface area (Å²) in [6, 6.07) is 7.92. The summed E-state index contributed by atoms with van der Waals surface area (Å²) >= 11 is 8.40. The fourth-order valence-corrected chi connectivity index (χ4v) is 2.82. The van der Waals surface area contributed by atoms with Crippen LogP contribution in [0.2, 0.25) is 0 Å². The molecule has 1 atom stereocenters. The van der Waals surface area contributed by atoms with Crippen molar-refractivity contribution in [3.05, 3.63) is 29.8 Å². The Hall–Kier alpha value is -0.260. The summed E-state index contributed by atoms with van der Waals surface area (Å²) in [5, 5.41) is 0.333. The molecule has 1 aliphatic rings. The van der Waals surface area contributed by atoms with E-state index in [4.69, 9.17) is 0 Å². The average molecular weight is 271 g/mol. The van der Waals surface area contributed by atoms with E-state index in [9.17, 15) is 4.79 Å². The normalized spacial score (nSPS) is 20.5. The van der Waals surface area contributed by atoms with Gasteiger partial charge in [0.2, 0.25) is 5.91 Å². The molecule has 2 nitrogen and oxygen atoms in total. The standard InChI is InChI=1S/C11H13NOS3/c13-11-5-10(16-15)7-12(11)6-8-1-3-9(14)4-2-8/h1-4,10,14-15H,5-7H2. The minimum atomic E-state index is 0.224. The van der Waals surface area contributed by atoms with Crippen molar-refractivity contribution in [1.29, 1.82) is 0 Å². The van der Waals surface area contributed by atoms with Crippen LogP contribution in [-0.4, -0.2) is 22.6 Å². The van der Waals surface area contributed by atoms with Crippen molar-refractivity contribution < 1.29 is 4.79 Å². The maximum atomic E-state index is 11.7. The van der Waals surface area contributed by atoms with Crippen LogP contribution in [0.3, 0.4) is 0 Å². The largest absolute Gasteiger partial charge is 0.337 e. The molecule has 16 heavy (non-hydrogen) atoms. The van der Waals surface area contributed by atoms with Crippen LogP contribution in [0.4, 0.5) is 0 Å².